The quantitative estimate of drug-likeness (QED) is 0.210. The summed E-state index contributed by atoms with van der Waals surface area (Å²) >= 11 is 0. The number of benzene rings is 4. The third-order valence-electron chi connectivity index (χ3n) is 7.35. The number of aryl methyl sites for hydroxylation is 1. The van der Waals surface area contributed by atoms with Crippen LogP contribution in [0.2, 0.25) is 0 Å². The van der Waals surface area contributed by atoms with E-state index in [9.17, 15) is 18.0 Å². The Balaban J connectivity index is 1.79. The van der Waals surface area contributed by atoms with Gasteiger partial charge in [0.05, 0.1) is 17.7 Å². The Labute approximate surface area is 260 Å². The number of methoxy groups -OCH3 is 1. The van der Waals surface area contributed by atoms with Crippen molar-refractivity contribution < 1.29 is 22.7 Å². The van der Waals surface area contributed by atoms with E-state index in [1.807, 2.05) is 68.4 Å². The van der Waals surface area contributed by atoms with Crippen LogP contribution in [0.15, 0.2) is 114 Å². The third-order valence-corrected chi connectivity index (χ3v) is 9.14. The van der Waals surface area contributed by atoms with Gasteiger partial charge in [-0.2, -0.15) is 0 Å². The maximum absolute atomic E-state index is 14.4. The van der Waals surface area contributed by atoms with Crippen molar-refractivity contribution in [3.8, 4) is 5.75 Å². The number of hydrogen-bond donors (Lipinski definition) is 1. The molecule has 0 fully saturated rings. The summed E-state index contributed by atoms with van der Waals surface area (Å²) in [5.74, 6) is -0.228. The molecule has 0 saturated heterocycles. The van der Waals surface area contributed by atoms with Gasteiger partial charge in [0, 0.05) is 19.5 Å². The molecule has 0 aliphatic rings. The lowest BCUT2D eigenvalue weighted by Crippen LogP contribution is -2.53. The number of sulfonamides is 1. The minimum absolute atomic E-state index is 0.0660. The number of carbonyl (C=O) groups excluding carboxylic acids is 2. The number of nitrogens with zero attached hydrogens (tertiary/aromatic N) is 2. The van der Waals surface area contributed by atoms with Gasteiger partial charge in [-0.25, -0.2) is 8.42 Å². The number of anilines is 1. The molecular formula is C35H39N3O5S. The van der Waals surface area contributed by atoms with E-state index in [0.29, 0.717) is 18.0 Å². The molecule has 0 radical (unpaired) electrons. The van der Waals surface area contributed by atoms with Crippen LogP contribution in [0.5, 0.6) is 5.75 Å². The molecule has 4 rings (SSSR count). The van der Waals surface area contributed by atoms with Crippen LogP contribution in [-0.4, -0.2) is 51.4 Å². The first-order chi connectivity index (χ1) is 21.3. The number of rotatable bonds is 14. The van der Waals surface area contributed by atoms with Crippen molar-refractivity contribution in [3.05, 3.63) is 126 Å². The van der Waals surface area contributed by atoms with E-state index in [1.165, 1.54) is 17.0 Å². The highest BCUT2D eigenvalue weighted by atomic mass is 32.2. The fraction of sp³-hybridized carbons (Fsp3) is 0.257. The molecule has 9 heteroatoms. The van der Waals surface area contributed by atoms with Gasteiger partial charge in [-0.1, -0.05) is 79.7 Å². The monoisotopic (exact) mass is 613 g/mol. The van der Waals surface area contributed by atoms with Gasteiger partial charge in [-0.3, -0.25) is 13.9 Å². The molecule has 1 unspecified atom stereocenters. The number of nitrogens with one attached hydrogen (secondary N) is 1. The molecule has 0 heterocycles. The van der Waals surface area contributed by atoms with Gasteiger partial charge in [0.25, 0.3) is 10.0 Å². The van der Waals surface area contributed by atoms with Crippen LogP contribution < -0.4 is 14.4 Å². The van der Waals surface area contributed by atoms with Crippen molar-refractivity contribution in [2.24, 2.45) is 0 Å². The fourth-order valence-corrected chi connectivity index (χ4v) is 6.40. The standard InChI is InChI=1S/C35H39N3O5S/c1-4-27-19-21-30(22-20-27)38(44(41,42)32-17-10-7-11-18-32)26-34(39)37(25-29-15-12-16-31(23-29)43-3)33(35(40)36-5-2)24-28-13-8-6-9-14-28/h6-23,33H,4-5,24-26H2,1-3H3,(H,36,40). The van der Waals surface area contributed by atoms with E-state index in [1.54, 1.807) is 49.6 Å². The Kier molecular flexibility index (Phi) is 11.2. The summed E-state index contributed by atoms with van der Waals surface area (Å²) in [5, 5.41) is 2.87. The molecule has 44 heavy (non-hydrogen) atoms. The summed E-state index contributed by atoms with van der Waals surface area (Å²) in [4.78, 5) is 29.6. The Morgan fingerprint density at radius 3 is 2.05 bits per heavy atom. The number of ether oxygens (including phenoxy) is 1. The predicted molar refractivity (Wildman–Crippen MR) is 173 cm³/mol. The minimum atomic E-state index is -4.14. The molecule has 1 N–H and O–H groups in total. The van der Waals surface area contributed by atoms with E-state index in [0.717, 1.165) is 27.4 Å². The highest BCUT2D eigenvalue weighted by Gasteiger charge is 2.34. The van der Waals surface area contributed by atoms with Gasteiger partial charge in [-0.05, 0) is 66.4 Å². The smallest absolute Gasteiger partial charge is 0.264 e. The van der Waals surface area contributed by atoms with Crippen molar-refractivity contribution in [3.63, 3.8) is 0 Å². The van der Waals surface area contributed by atoms with E-state index < -0.39 is 28.5 Å². The molecule has 8 nitrogen and oxygen atoms in total. The molecule has 4 aromatic carbocycles. The second-order valence-electron chi connectivity index (χ2n) is 10.3. The first-order valence-electron chi connectivity index (χ1n) is 14.7. The average Bonchev–Trinajstić information content (AvgIpc) is 3.06. The highest BCUT2D eigenvalue weighted by Crippen LogP contribution is 2.26. The SMILES string of the molecule is CCNC(=O)C(Cc1ccccc1)N(Cc1cccc(OC)c1)C(=O)CN(c1ccc(CC)cc1)S(=O)(=O)c1ccccc1. The average molecular weight is 614 g/mol. The lowest BCUT2D eigenvalue weighted by molar-refractivity contribution is -0.140. The minimum Gasteiger partial charge on any atom is -0.497 e. The molecule has 0 saturated carbocycles. The number of amides is 2. The Morgan fingerprint density at radius 2 is 1.43 bits per heavy atom. The second-order valence-corrected chi connectivity index (χ2v) is 12.2. The normalized spacial score (nSPS) is 11.8. The van der Waals surface area contributed by atoms with E-state index >= 15 is 0 Å². The first kappa shape index (κ1) is 32.3. The van der Waals surface area contributed by atoms with E-state index in [2.05, 4.69) is 5.32 Å². The zero-order valence-electron chi connectivity index (χ0n) is 25.3. The summed E-state index contributed by atoms with van der Waals surface area (Å²) in [6, 6.07) is 31.0. The molecule has 0 spiro atoms. The molecule has 0 aliphatic heterocycles. The summed E-state index contributed by atoms with van der Waals surface area (Å²) in [6.07, 6.45) is 1.03. The van der Waals surface area contributed by atoms with Gasteiger partial charge in [0.1, 0.15) is 18.3 Å². The molecule has 4 aromatic rings. The number of likely N-dealkylation sites (N-methyl/N-ethyl adjacent to an activating group) is 1. The van der Waals surface area contributed by atoms with Gasteiger partial charge in [0.2, 0.25) is 11.8 Å². The highest BCUT2D eigenvalue weighted by molar-refractivity contribution is 7.92. The van der Waals surface area contributed by atoms with Crippen LogP contribution in [0.3, 0.4) is 0 Å². The molecule has 230 valence electrons. The summed E-state index contributed by atoms with van der Waals surface area (Å²) in [6.45, 7) is 3.78. The van der Waals surface area contributed by atoms with E-state index in [4.69, 9.17) is 4.74 Å². The fourth-order valence-electron chi connectivity index (χ4n) is 4.96. The van der Waals surface area contributed by atoms with E-state index in [-0.39, 0.29) is 23.8 Å². The third kappa shape index (κ3) is 8.05. The van der Waals surface area contributed by atoms with Crippen LogP contribution in [0, 0.1) is 0 Å². The molecule has 1 atom stereocenters. The Hall–Kier alpha value is -4.63. The van der Waals surface area contributed by atoms with Crippen molar-refractivity contribution in [2.45, 2.75) is 44.2 Å². The van der Waals surface area contributed by atoms with Crippen LogP contribution in [0.4, 0.5) is 5.69 Å². The molecule has 0 aromatic heterocycles. The predicted octanol–water partition coefficient (Wildman–Crippen LogP) is 5.23. The summed E-state index contributed by atoms with van der Waals surface area (Å²) in [5.41, 5.74) is 3.01. The van der Waals surface area contributed by atoms with Crippen molar-refractivity contribution in [2.75, 3.05) is 24.5 Å². The zero-order chi connectivity index (χ0) is 31.5. The number of hydrogen-bond acceptors (Lipinski definition) is 5. The number of carbonyl (C=O) groups is 2. The lowest BCUT2D eigenvalue weighted by Gasteiger charge is -2.34. The van der Waals surface area contributed by atoms with Crippen LogP contribution in [0.25, 0.3) is 0 Å². The maximum atomic E-state index is 14.4. The van der Waals surface area contributed by atoms with Crippen LogP contribution in [0.1, 0.15) is 30.5 Å². The van der Waals surface area contributed by atoms with Gasteiger partial charge >= 0.3 is 0 Å². The summed E-state index contributed by atoms with van der Waals surface area (Å²) < 4.78 is 34.6. The van der Waals surface area contributed by atoms with Crippen molar-refractivity contribution in [1.82, 2.24) is 10.2 Å². The van der Waals surface area contributed by atoms with Crippen LogP contribution in [-0.2, 0) is 39.0 Å². The van der Waals surface area contributed by atoms with Gasteiger partial charge in [0.15, 0.2) is 0 Å². The van der Waals surface area contributed by atoms with Crippen LogP contribution >= 0.6 is 0 Å². The lowest BCUT2D eigenvalue weighted by atomic mass is 10.0. The molecule has 0 bridgehead atoms. The van der Waals surface area contributed by atoms with Crippen molar-refractivity contribution >= 4 is 27.5 Å². The molecule has 2 amide bonds. The Morgan fingerprint density at radius 1 is 0.795 bits per heavy atom. The maximum Gasteiger partial charge on any atom is 0.264 e. The first-order valence-corrected chi connectivity index (χ1v) is 16.1. The van der Waals surface area contributed by atoms with Gasteiger partial charge in [-0.15, -0.1) is 0 Å². The van der Waals surface area contributed by atoms with Gasteiger partial charge < -0.3 is 15.0 Å². The molecular weight excluding hydrogens is 574 g/mol. The topological polar surface area (TPSA) is 96.0 Å². The Bertz CT molecular complexity index is 1630. The zero-order valence-corrected chi connectivity index (χ0v) is 26.2. The van der Waals surface area contributed by atoms with Crippen molar-refractivity contribution in [1.29, 1.82) is 0 Å². The summed E-state index contributed by atoms with van der Waals surface area (Å²) in [7, 11) is -2.57. The largest absolute Gasteiger partial charge is 0.497 e. The molecule has 0 aliphatic carbocycles. The second kappa shape index (κ2) is 15.2.